The molecule has 0 atom stereocenters. The van der Waals surface area contributed by atoms with Gasteiger partial charge in [0.25, 0.3) is 5.69 Å². The highest BCUT2D eigenvalue weighted by Crippen LogP contribution is 2.34. The maximum absolute atomic E-state index is 11.0. The molecule has 0 amide bonds. The van der Waals surface area contributed by atoms with E-state index in [0.717, 1.165) is 0 Å². The van der Waals surface area contributed by atoms with E-state index in [4.69, 9.17) is 27.9 Å². The molecule has 98 valence electrons. The van der Waals surface area contributed by atoms with Gasteiger partial charge < -0.3 is 4.74 Å². The molecule has 0 unspecified atom stereocenters. The summed E-state index contributed by atoms with van der Waals surface area (Å²) >= 11 is 11.7. The van der Waals surface area contributed by atoms with Gasteiger partial charge in [0.15, 0.2) is 0 Å². The van der Waals surface area contributed by atoms with Crippen LogP contribution in [0.2, 0.25) is 10.2 Å². The van der Waals surface area contributed by atoms with Crippen LogP contribution in [0.5, 0.6) is 5.75 Å². The second-order valence-electron chi connectivity index (χ2n) is 3.61. The normalized spacial score (nSPS) is 10.3. The summed E-state index contributed by atoms with van der Waals surface area (Å²) in [4.78, 5) is 14.5. The van der Waals surface area contributed by atoms with Crippen LogP contribution in [-0.2, 0) is 0 Å². The molecule has 0 saturated heterocycles. The molecule has 2 rings (SSSR count). The van der Waals surface area contributed by atoms with Gasteiger partial charge in [0.1, 0.15) is 16.6 Å². The van der Waals surface area contributed by atoms with Gasteiger partial charge in [0.05, 0.1) is 17.1 Å². The molecule has 1 aromatic carbocycles. The van der Waals surface area contributed by atoms with Gasteiger partial charge in [-0.25, -0.2) is 4.98 Å². The number of ether oxygens (including phenoxy) is 1. The quantitative estimate of drug-likeness (QED) is 0.488. The second-order valence-corrected chi connectivity index (χ2v) is 4.40. The lowest BCUT2D eigenvalue weighted by molar-refractivity contribution is -0.384. The van der Waals surface area contributed by atoms with Crippen molar-refractivity contribution in [2.24, 2.45) is 0 Å². The molecule has 1 aromatic heterocycles. The molecule has 0 spiro atoms. The molecule has 5 nitrogen and oxygen atoms in total. The van der Waals surface area contributed by atoms with E-state index in [1.54, 1.807) is 18.2 Å². The van der Waals surface area contributed by atoms with E-state index in [1.807, 2.05) is 0 Å². The molecular weight excluding hydrogens is 291 g/mol. The molecule has 0 aliphatic heterocycles. The highest BCUT2D eigenvalue weighted by Gasteiger charge is 2.18. The summed E-state index contributed by atoms with van der Waals surface area (Å²) in [6.07, 6.45) is 0. The van der Waals surface area contributed by atoms with E-state index in [9.17, 15) is 10.1 Å². The summed E-state index contributed by atoms with van der Waals surface area (Å²) in [7, 11) is 1.46. The molecular formula is C12H8Cl2N2O3. The molecule has 0 aliphatic carbocycles. The van der Waals surface area contributed by atoms with Gasteiger partial charge in [0, 0.05) is 11.6 Å². The minimum absolute atomic E-state index is 0.131. The van der Waals surface area contributed by atoms with Crippen LogP contribution in [0.3, 0.4) is 0 Å². The van der Waals surface area contributed by atoms with Crippen molar-refractivity contribution in [3.05, 3.63) is 50.6 Å². The standard InChI is InChI=1S/C12H8Cl2N2O3/c1-19-10-6-7(2-3-8(10)13)12-9(16(17)18)4-5-11(14)15-12/h2-6H,1H3. The van der Waals surface area contributed by atoms with E-state index in [1.165, 1.54) is 19.2 Å². The molecule has 0 aliphatic rings. The summed E-state index contributed by atoms with van der Waals surface area (Å²) in [5.41, 5.74) is 0.552. The molecule has 7 heteroatoms. The van der Waals surface area contributed by atoms with Crippen LogP contribution in [0.1, 0.15) is 0 Å². The number of hydrogen-bond donors (Lipinski definition) is 0. The first-order chi connectivity index (χ1) is 9.02. The van der Waals surface area contributed by atoms with Gasteiger partial charge in [0.2, 0.25) is 0 Å². The van der Waals surface area contributed by atoms with Gasteiger partial charge in [-0.3, -0.25) is 10.1 Å². The van der Waals surface area contributed by atoms with E-state index in [2.05, 4.69) is 4.98 Å². The largest absolute Gasteiger partial charge is 0.495 e. The Morgan fingerprint density at radius 3 is 2.63 bits per heavy atom. The maximum atomic E-state index is 11.0. The van der Waals surface area contributed by atoms with E-state index in [0.29, 0.717) is 16.3 Å². The first-order valence-corrected chi connectivity index (χ1v) is 5.93. The fourth-order valence-electron chi connectivity index (χ4n) is 1.59. The first-order valence-electron chi connectivity index (χ1n) is 5.18. The number of hydrogen-bond acceptors (Lipinski definition) is 4. The zero-order valence-electron chi connectivity index (χ0n) is 9.76. The number of nitrogens with zero attached hydrogens (tertiary/aromatic N) is 2. The van der Waals surface area contributed by atoms with Crippen molar-refractivity contribution in [3.8, 4) is 17.0 Å². The Kier molecular flexibility index (Phi) is 3.87. The van der Waals surface area contributed by atoms with Crippen LogP contribution in [-0.4, -0.2) is 17.0 Å². The van der Waals surface area contributed by atoms with Crippen LogP contribution in [0.25, 0.3) is 11.3 Å². The van der Waals surface area contributed by atoms with Gasteiger partial charge in [-0.1, -0.05) is 29.3 Å². The molecule has 2 aromatic rings. The maximum Gasteiger partial charge on any atom is 0.295 e. The Hall–Kier alpha value is -1.85. The lowest BCUT2D eigenvalue weighted by atomic mass is 10.1. The van der Waals surface area contributed by atoms with Crippen molar-refractivity contribution in [3.63, 3.8) is 0 Å². The monoisotopic (exact) mass is 298 g/mol. The van der Waals surface area contributed by atoms with Gasteiger partial charge in [-0.2, -0.15) is 0 Å². The molecule has 0 bridgehead atoms. The smallest absolute Gasteiger partial charge is 0.295 e. The molecule has 19 heavy (non-hydrogen) atoms. The van der Waals surface area contributed by atoms with E-state index >= 15 is 0 Å². The summed E-state index contributed by atoms with van der Waals surface area (Å²) < 4.78 is 5.08. The number of benzene rings is 1. The Morgan fingerprint density at radius 2 is 2.00 bits per heavy atom. The van der Waals surface area contributed by atoms with Gasteiger partial charge >= 0.3 is 0 Å². The van der Waals surface area contributed by atoms with Crippen molar-refractivity contribution in [2.75, 3.05) is 7.11 Å². The Balaban J connectivity index is 2.64. The number of aromatic nitrogens is 1. The number of halogens is 2. The van der Waals surface area contributed by atoms with Crippen LogP contribution in [0, 0.1) is 10.1 Å². The highest BCUT2D eigenvalue weighted by molar-refractivity contribution is 6.32. The average molecular weight is 299 g/mol. The minimum atomic E-state index is -0.514. The van der Waals surface area contributed by atoms with Crippen LogP contribution >= 0.6 is 23.2 Å². The van der Waals surface area contributed by atoms with E-state index < -0.39 is 4.92 Å². The number of rotatable bonds is 3. The van der Waals surface area contributed by atoms with Crippen LogP contribution in [0.4, 0.5) is 5.69 Å². The Bertz CT molecular complexity index is 647. The predicted molar refractivity (Wildman–Crippen MR) is 72.9 cm³/mol. The van der Waals surface area contributed by atoms with Gasteiger partial charge in [-0.05, 0) is 18.2 Å². The van der Waals surface area contributed by atoms with E-state index in [-0.39, 0.29) is 16.5 Å². The third-order valence-corrected chi connectivity index (χ3v) is 2.98. The minimum Gasteiger partial charge on any atom is -0.495 e. The lowest BCUT2D eigenvalue weighted by Crippen LogP contribution is -1.95. The zero-order chi connectivity index (χ0) is 14.0. The third-order valence-electron chi connectivity index (χ3n) is 2.46. The summed E-state index contributed by atoms with van der Waals surface area (Å²) in [6, 6.07) is 7.47. The first kappa shape index (κ1) is 13.6. The molecule has 0 saturated carbocycles. The van der Waals surface area contributed by atoms with Crippen molar-refractivity contribution >= 4 is 28.9 Å². The second kappa shape index (κ2) is 5.42. The zero-order valence-corrected chi connectivity index (χ0v) is 11.3. The van der Waals surface area contributed by atoms with Crippen molar-refractivity contribution in [2.45, 2.75) is 0 Å². The molecule has 1 heterocycles. The number of pyridine rings is 1. The fourth-order valence-corrected chi connectivity index (χ4v) is 1.94. The average Bonchev–Trinajstić information content (AvgIpc) is 2.38. The summed E-state index contributed by atoms with van der Waals surface area (Å²) in [5, 5.41) is 11.6. The summed E-state index contributed by atoms with van der Waals surface area (Å²) in [6.45, 7) is 0. The summed E-state index contributed by atoms with van der Waals surface area (Å²) in [5.74, 6) is 0.412. The topological polar surface area (TPSA) is 65.3 Å². The SMILES string of the molecule is COc1cc(-c2nc(Cl)ccc2[N+](=O)[O-])ccc1Cl. The highest BCUT2D eigenvalue weighted by atomic mass is 35.5. The fraction of sp³-hybridized carbons (Fsp3) is 0.0833. The number of nitro groups is 1. The molecule has 0 fully saturated rings. The number of methoxy groups -OCH3 is 1. The third kappa shape index (κ3) is 2.77. The van der Waals surface area contributed by atoms with Crippen molar-refractivity contribution in [1.82, 2.24) is 4.98 Å². The van der Waals surface area contributed by atoms with Crippen LogP contribution < -0.4 is 4.74 Å². The molecule has 0 N–H and O–H groups in total. The molecule has 0 radical (unpaired) electrons. The predicted octanol–water partition coefficient (Wildman–Crippen LogP) is 3.97. The Labute approximate surface area is 118 Å². The van der Waals surface area contributed by atoms with Crippen molar-refractivity contribution in [1.29, 1.82) is 0 Å². The van der Waals surface area contributed by atoms with Gasteiger partial charge in [-0.15, -0.1) is 0 Å². The lowest BCUT2D eigenvalue weighted by Gasteiger charge is -2.07. The van der Waals surface area contributed by atoms with Crippen molar-refractivity contribution < 1.29 is 9.66 Å². The Morgan fingerprint density at radius 1 is 1.26 bits per heavy atom. The van der Waals surface area contributed by atoms with Crippen LogP contribution in [0.15, 0.2) is 30.3 Å².